The Bertz CT molecular complexity index is 725. The molecule has 1 amide bonds. The average Bonchev–Trinajstić information content (AvgIpc) is 2.44. The molecule has 1 N–H and O–H groups in total. The third-order valence-electron chi connectivity index (χ3n) is 2.70. The number of carbonyl (C=O) groups excluding carboxylic acids is 1. The molecule has 122 valence electrons. The third kappa shape index (κ3) is 4.09. The van der Waals surface area contributed by atoms with Gasteiger partial charge in [-0.1, -0.05) is 0 Å². The van der Waals surface area contributed by atoms with Gasteiger partial charge < -0.3 is 10.1 Å². The largest absolute Gasteiger partial charge is 0.449 e. The van der Waals surface area contributed by atoms with Crippen molar-refractivity contribution in [3.05, 3.63) is 51.1 Å². The minimum absolute atomic E-state index is 0.110. The first kappa shape index (κ1) is 17.4. The Hall–Kier alpha value is -1.91. The van der Waals surface area contributed by atoms with E-state index in [1.807, 2.05) is 22.6 Å². The van der Waals surface area contributed by atoms with Crippen molar-refractivity contribution in [3.8, 4) is 11.5 Å². The van der Waals surface area contributed by atoms with Crippen molar-refractivity contribution in [2.24, 2.45) is 0 Å². The van der Waals surface area contributed by atoms with Crippen LogP contribution < -0.4 is 10.1 Å². The third-order valence-corrected chi connectivity index (χ3v) is 3.37. The van der Waals surface area contributed by atoms with E-state index in [1.54, 1.807) is 6.07 Å². The van der Waals surface area contributed by atoms with E-state index in [2.05, 4.69) is 5.32 Å². The summed E-state index contributed by atoms with van der Waals surface area (Å²) in [5.41, 5.74) is -1.35. The van der Waals surface area contributed by atoms with E-state index in [9.17, 15) is 26.7 Å². The molecular weight excluding hydrogens is 436 g/mol. The topological polar surface area (TPSA) is 38.3 Å². The highest BCUT2D eigenvalue weighted by Gasteiger charge is 2.33. The Morgan fingerprint density at radius 3 is 2.22 bits per heavy atom. The molecule has 0 atom stereocenters. The fourth-order valence-corrected chi connectivity index (χ4v) is 2.16. The summed E-state index contributed by atoms with van der Waals surface area (Å²) in [4.78, 5) is 10.5. The minimum Gasteiger partial charge on any atom is -0.449 e. The Kier molecular flexibility index (Phi) is 5.07. The molecule has 9 heteroatoms. The fraction of sp³-hybridized carbons (Fsp3) is 0.0714. The van der Waals surface area contributed by atoms with Gasteiger partial charge in [0.05, 0.1) is 11.3 Å². The number of alkyl halides is 3. The van der Waals surface area contributed by atoms with Crippen LogP contribution in [0.4, 0.5) is 27.6 Å². The van der Waals surface area contributed by atoms with Crippen LogP contribution in [0.25, 0.3) is 0 Å². The standard InChI is InChI=1S/C14H7F5INO2/c15-9-3-7(14(17,18)19)4-10(16)13(9)23-12-5-8(20)1-2-11(12)21-6-22/h1-6H,(H,21,22). The number of ether oxygens (including phenoxy) is 1. The molecule has 3 nitrogen and oxygen atoms in total. The molecule has 0 heterocycles. The molecule has 0 bridgehead atoms. The second kappa shape index (κ2) is 6.69. The predicted molar refractivity (Wildman–Crippen MR) is 80.3 cm³/mol. The highest BCUT2D eigenvalue weighted by molar-refractivity contribution is 14.1. The molecule has 2 aromatic carbocycles. The Morgan fingerprint density at radius 1 is 1.09 bits per heavy atom. The van der Waals surface area contributed by atoms with Gasteiger partial charge in [0, 0.05) is 3.57 Å². The van der Waals surface area contributed by atoms with E-state index in [4.69, 9.17) is 4.74 Å². The van der Waals surface area contributed by atoms with Crippen LogP contribution in [0.5, 0.6) is 11.5 Å². The van der Waals surface area contributed by atoms with Crippen molar-refractivity contribution < 1.29 is 31.5 Å². The molecule has 0 aliphatic rings. The van der Waals surface area contributed by atoms with Crippen molar-refractivity contribution in [2.45, 2.75) is 6.18 Å². The maximum atomic E-state index is 13.8. The zero-order valence-corrected chi connectivity index (χ0v) is 13.2. The van der Waals surface area contributed by atoms with Gasteiger partial charge in [-0.05, 0) is 52.9 Å². The van der Waals surface area contributed by atoms with Crippen molar-refractivity contribution in [3.63, 3.8) is 0 Å². The molecule has 0 radical (unpaired) electrons. The van der Waals surface area contributed by atoms with Crippen LogP contribution in [-0.4, -0.2) is 6.41 Å². The number of carbonyl (C=O) groups is 1. The zero-order valence-electron chi connectivity index (χ0n) is 11.0. The van der Waals surface area contributed by atoms with Crippen LogP contribution in [0.3, 0.4) is 0 Å². The zero-order chi connectivity index (χ0) is 17.2. The SMILES string of the molecule is O=CNc1ccc(I)cc1Oc1c(F)cc(C(F)(F)F)cc1F. The summed E-state index contributed by atoms with van der Waals surface area (Å²) < 4.78 is 70.7. The van der Waals surface area contributed by atoms with Crippen LogP contribution in [0.15, 0.2) is 30.3 Å². The van der Waals surface area contributed by atoms with Gasteiger partial charge in [0.2, 0.25) is 6.41 Å². The molecule has 0 unspecified atom stereocenters. The number of rotatable bonds is 4. The minimum atomic E-state index is -4.88. The van der Waals surface area contributed by atoms with E-state index in [1.165, 1.54) is 12.1 Å². The summed E-state index contributed by atoms with van der Waals surface area (Å²) in [5, 5.41) is 2.26. The first-order valence-electron chi connectivity index (χ1n) is 5.96. The van der Waals surface area contributed by atoms with Gasteiger partial charge in [0.15, 0.2) is 23.1 Å². The molecule has 0 spiro atoms. The second-order valence-corrected chi connectivity index (χ2v) is 5.52. The van der Waals surface area contributed by atoms with Crippen molar-refractivity contribution in [1.29, 1.82) is 0 Å². The van der Waals surface area contributed by atoms with Crippen molar-refractivity contribution >= 4 is 34.7 Å². The van der Waals surface area contributed by atoms with E-state index in [-0.39, 0.29) is 23.6 Å². The van der Waals surface area contributed by atoms with Crippen molar-refractivity contribution in [2.75, 3.05) is 5.32 Å². The van der Waals surface area contributed by atoms with Gasteiger partial charge in [0.25, 0.3) is 0 Å². The molecule has 0 fully saturated rings. The maximum absolute atomic E-state index is 13.8. The number of halogens is 6. The van der Waals surface area contributed by atoms with Gasteiger partial charge in [-0.15, -0.1) is 0 Å². The Balaban J connectivity index is 2.45. The monoisotopic (exact) mass is 443 g/mol. The summed E-state index contributed by atoms with van der Waals surface area (Å²) in [7, 11) is 0. The molecule has 0 aromatic heterocycles. The molecule has 0 aliphatic heterocycles. The Morgan fingerprint density at radius 2 is 1.70 bits per heavy atom. The van der Waals surface area contributed by atoms with Gasteiger partial charge >= 0.3 is 6.18 Å². The van der Waals surface area contributed by atoms with E-state index >= 15 is 0 Å². The molecule has 23 heavy (non-hydrogen) atoms. The predicted octanol–water partition coefficient (Wildman–Crippen LogP) is 4.95. The number of hydrogen-bond acceptors (Lipinski definition) is 2. The van der Waals surface area contributed by atoms with Crippen LogP contribution in [0, 0.1) is 15.2 Å². The number of amides is 1. The summed E-state index contributed by atoms with van der Waals surface area (Å²) >= 11 is 1.89. The van der Waals surface area contributed by atoms with Crippen LogP contribution >= 0.6 is 22.6 Å². The maximum Gasteiger partial charge on any atom is 0.416 e. The quantitative estimate of drug-likeness (QED) is 0.413. The van der Waals surface area contributed by atoms with Gasteiger partial charge in [-0.2, -0.15) is 13.2 Å². The smallest absolute Gasteiger partial charge is 0.416 e. The summed E-state index contributed by atoms with van der Waals surface area (Å²) in [6, 6.07) is 4.66. The van der Waals surface area contributed by atoms with Gasteiger partial charge in [0.1, 0.15) is 0 Å². The highest BCUT2D eigenvalue weighted by atomic mass is 127. The molecule has 0 aliphatic carbocycles. The lowest BCUT2D eigenvalue weighted by molar-refractivity contribution is -0.138. The fourth-order valence-electron chi connectivity index (χ4n) is 1.69. The van der Waals surface area contributed by atoms with E-state index < -0.39 is 29.1 Å². The van der Waals surface area contributed by atoms with Crippen LogP contribution in [-0.2, 0) is 11.0 Å². The summed E-state index contributed by atoms with van der Waals surface area (Å²) in [5.74, 6) is -4.11. The average molecular weight is 443 g/mol. The molecular formula is C14H7F5INO2. The molecule has 2 aromatic rings. The van der Waals surface area contributed by atoms with Crippen LogP contribution in [0.2, 0.25) is 0 Å². The van der Waals surface area contributed by atoms with Gasteiger partial charge in [-0.3, -0.25) is 4.79 Å². The normalized spacial score (nSPS) is 11.2. The Labute approximate surface area is 140 Å². The summed E-state index contributed by atoms with van der Waals surface area (Å²) in [6.07, 6.45) is -4.55. The number of nitrogens with one attached hydrogen (secondary N) is 1. The molecule has 2 rings (SSSR count). The first-order valence-corrected chi connectivity index (χ1v) is 7.04. The molecule has 0 saturated heterocycles. The van der Waals surface area contributed by atoms with Crippen LogP contribution in [0.1, 0.15) is 5.56 Å². The van der Waals surface area contributed by atoms with E-state index in [0.29, 0.717) is 9.98 Å². The number of benzene rings is 2. The first-order chi connectivity index (χ1) is 10.7. The summed E-state index contributed by atoms with van der Waals surface area (Å²) in [6.45, 7) is 0. The van der Waals surface area contributed by atoms with Gasteiger partial charge in [-0.25, -0.2) is 8.78 Å². The van der Waals surface area contributed by atoms with E-state index in [0.717, 1.165) is 0 Å². The number of anilines is 1. The second-order valence-electron chi connectivity index (χ2n) is 4.27. The number of hydrogen-bond donors (Lipinski definition) is 1. The van der Waals surface area contributed by atoms with Crippen molar-refractivity contribution in [1.82, 2.24) is 0 Å². The highest BCUT2D eigenvalue weighted by Crippen LogP contribution is 2.37. The molecule has 0 saturated carbocycles. The lowest BCUT2D eigenvalue weighted by Gasteiger charge is -2.14. The lowest BCUT2D eigenvalue weighted by atomic mass is 10.2. The lowest BCUT2D eigenvalue weighted by Crippen LogP contribution is -2.07.